The van der Waals surface area contributed by atoms with Gasteiger partial charge in [0.25, 0.3) is 5.56 Å². The molecule has 0 aliphatic carbocycles. The molecule has 8 heteroatoms. The topological polar surface area (TPSA) is 93.4 Å². The minimum atomic E-state index is -1.13. The first-order chi connectivity index (χ1) is 12.9. The summed E-state index contributed by atoms with van der Waals surface area (Å²) in [6, 6.07) is 10.4. The number of hydrogen-bond acceptors (Lipinski definition) is 4. The first-order valence-electron chi connectivity index (χ1n) is 8.25. The number of carboxylic acid groups (broad SMARTS) is 1. The van der Waals surface area contributed by atoms with Gasteiger partial charge in [0, 0.05) is 18.5 Å². The summed E-state index contributed by atoms with van der Waals surface area (Å²) in [6.45, 7) is 1.97. The zero-order valence-corrected chi connectivity index (χ0v) is 15.6. The summed E-state index contributed by atoms with van der Waals surface area (Å²) in [5, 5.41) is 11.7. The molecule has 0 atom stereocenters. The van der Waals surface area contributed by atoms with E-state index < -0.39 is 6.09 Å². The van der Waals surface area contributed by atoms with Crippen LogP contribution in [-0.4, -0.2) is 34.4 Å². The largest absolute Gasteiger partial charge is 0.496 e. The summed E-state index contributed by atoms with van der Waals surface area (Å²) in [6.07, 6.45) is -0.897. The number of methoxy groups -OCH3 is 1. The zero-order chi connectivity index (χ0) is 19.6. The van der Waals surface area contributed by atoms with Crippen LogP contribution in [0.5, 0.6) is 5.75 Å². The molecule has 1 heterocycles. The number of halogens is 1. The number of hydrogen-bond donors (Lipinski definition) is 2. The third kappa shape index (κ3) is 3.59. The summed E-state index contributed by atoms with van der Waals surface area (Å²) in [4.78, 5) is 28.6. The van der Waals surface area contributed by atoms with E-state index in [1.54, 1.807) is 43.5 Å². The lowest BCUT2D eigenvalue weighted by Gasteiger charge is -2.17. The Balaban J connectivity index is 2.28. The third-order valence-electron chi connectivity index (χ3n) is 4.26. The maximum Gasteiger partial charge on any atom is 0.404 e. The molecule has 1 aromatic heterocycles. The molecular formula is C19H18ClN3O4. The van der Waals surface area contributed by atoms with Crippen LogP contribution in [0, 0.1) is 6.92 Å². The molecule has 0 radical (unpaired) electrons. The zero-order valence-electron chi connectivity index (χ0n) is 14.8. The number of amides is 1. The third-order valence-corrected chi connectivity index (χ3v) is 4.57. The Morgan fingerprint density at radius 2 is 2.04 bits per heavy atom. The fraction of sp³-hybridized carbons (Fsp3) is 0.211. The van der Waals surface area contributed by atoms with Gasteiger partial charge in [0.15, 0.2) is 0 Å². The van der Waals surface area contributed by atoms with Crippen molar-refractivity contribution in [2.24, 2.45) is 0 Å². The highest BCUT2D eigenvalue weighted by Crippen LogP contribution is 2.26. The van der Waals surface area contributed by atoms with Gasteiger partial charge in [-0.25, -0.2) is 9.78 Å². The molecule has 0 aliphatic heterocycles. The van der Waals surface area contributed by atoms with Crippen LogP contribution in [0.4, 0.5) is 4.79 Å². The van der Waals surface area contributed by atoms with E-state index in [1.165, 1.54) is 4.57 Å². The molecule has 0 aliphatic rings. The van der Waals surface area contributed by atoms with Crippen molar-refractivity contribution in [3.05, 3.63) is 63.2 Å². The van der Waals surface area contributed by atoms with Crippen LogP contribution in [0.25, 0.3) is 16.6 Å². The molecule has 0 fully saturated rings. The van der Waals surface area contributed by atoms with E-state index in [-0.39, 0.29) is 18.5 Å². The number of carbonyl (C=O) groups is 1. The Kier molecular flexibility index (Phi) is 5.32. The van der Waals surface area contributed by atoms with Crippen molar-refractivity contribution in [3.8, 4) is 11.4 Å². The molecule has 0 saturated carbocycles. The first kappa shape index (κ1) is 18.7. The Hall–Kier alpha value is -3.06. The average molecular weight is 388 g/mol. The number of ether oxygens (including phenoxy) is 1. The SMILES string of the molecule is COc1cccc(-n2c(CCNC(=O)O)nc3cccc(Cl)c3c2=O)c1C. The molecule has 0 saturated heterocycles. The molecule has 2 aromatic carbocycles. The second-order valence-electron chi connectivity index (χ2n) is 5.89. The molecule has 27 heavy (non-hydrogen) atoms. The van der Waals surface area contributed by atoms with Gasteiger partial charge in [-0.2, -0.15) is 0 Å². The van der Waals surface area contributed by atoms with E-state index in [1.807, 2.05) is 6.92 Å². The van der Waals surface area contributed by atoms with Crippen LogP contribution >= 0.6 is 11.6 Å². The number of benzene rings is 2. The highest BCUT2D eigenvalue weighted by atomic mass is 35.5. The van der Waals surface area contributed by atoms with E-state index >= 15 is 0 Å². The molecular weight excluding hydrogens is 370 g/mol. The fourth-order valence-electron chi connectivity index (χ4n) is 3.00. The molecule has 7 nitrogen and oxygen atoms in total. The monoisotopic (exact) mass is 387 g/mol. The van der Waals surface area contributed by atoms with Gasteiger partial charge in [0.2, 0.25) is 0 Å². The highest BCUT2D eigenvalue weighted by molar-refractivity contribution is 6.35. The van der Waals surface area contributed by atoms with Crippen LogP contribution in [0.1, 0.15) is 11.4 Å². The number of rotatable bonds is 5. The van der Waals surface area contributed by atoms with E-state index in [9.17, 15) is 9.59 Å². The quantitative estimate of drug-likeness (QED) is 0.701. The van der Waals surface area contributed by atoms with Crippen molar-refractivity contribution in [1.82, 2.24) is 14.9 Å². The normalized spacial score (nSPS) is 10.8. The molecule has 1 amide bonds. The van der Waals surface area contributed by atoms with Crippen LogP contribution in [0.15, 0.2) is 41.2 Å². The summed E-state index contributed by atoms with van der Waals surface area (Å²) >= 11 is 6.25. The number of fused-ring (bicyclic) bond motifs is 1. The van der Waals surface area contributed by atoms with Crippen molar-refractivity contribution in [2.45, 2.75) is 13.3 Å². The van der Waals surface area contributed by atoms with Gasteiger partial charge in [-0.15, -0.1) is 0 Å². The molecule has 0 spiro atoms. The van der Waals surface area contributed by atoms with Crippen molar-refractivity contribution in [1.29, 1.82) is 0 Å². The van der Waals surface area contributed by atoms with Crippen LogP contribution in [0.3, 0.4) is 0 Å². The van der Waals surface area contributed by atoms with E-state index in [4.69, 9.17) is 21.4 Å². The smallest absolute Gasteiger partial charge is 0.404 e. The number of nitrogens with zero attached hydrogens (tertiary/aromatic N) is 2. The predicted molar refractivity (Wildman–Crippen MR) is 103 cm³/mol. The molecule has 3 aromatic rings. The molecule has 3 rings (SSSR count). The van der Waals surface area contributed by atoms with Crippen LogP contribution in [-0.2, 0) is 6.42 Å². The van der Waals surface area contributed by atoms with Gasteiger partial charge < -0.3 is 15.2 Å². The lowest BCUT2D eigenvalue weighted by Crippen LogP contribution is -2.29. The lowest BCUT2D eigenvalue weighted by molar-refractivity contribution is 0.194. The molecule has 0 unspecified atom stereocenters. The maximum absolute atomic E-state index is 13.3. The highest BCUT2D eigenvalue weighted by Gasteiger charge is 2.17. The van der Waals surface area contributed by atoms with Gasteiger partial charge >= 0.3 is 6.09 Å². The van der Waals surface area contributed by atoms with Gasteiger partial charge in [-0.1, -0.05) is 23.7 Å². The summed E-state index contributed by atoms with van der Waals surface area (Å²) in [7, 11) is 1.56. The van der Waals surface area contributed by atoms with E-state index in [0.717, 1.165) is 5.56 Å². The van der Waals surface area contributed by atoms with E-state index in [0.29, 0.717) is 33.2 Å². The summed E-state index contributed by atoms with van der Waals surface area (Å²) < 4.78 is 6.83. The fourth-order valence-corrected chi connectivity index (χ4v) is 3.25. The van der Waals surface area contributed by atoms with Gasteiger partial charge in [0.1, 0.15) is 11.6 Å². The van der Waals surface area contributed by atoms with Gasteiger partial charge in [-0.3, -0.25) is 9.36 Å². The predicted octanol–water partition coefficient (Wildman–Crippen LogP) is 3.17. The van der Waals surface area contributed by atoms with Crippen LogP contribution < -0.4 is 15.6 Å². The maximum atomic E-state index is 13.3. The first-order valence-corrected chi connectivity index (χ1v) is 8.62. The number of aromatic nitrogens is 2. The summed E-state index contributed by atoms with van der Waals surface area (Å²) in [5.74, 6) is 1.06. The number of nitrogens with one attached hydrogen (secondary N) is 1. The standard InChI is InChI=1S/C19H18ClN3O4/c1-11-14(7-4-8-15(11)27-2)23-16(9-10-21-19(25)26)22-13-6-3-5-12(20)17(13)18(23)24/h3-8,21H,9-10H2,1-2H3,(H,25,26). The minimum absolute atomic E-state index is 0.122. The Morgan fingerprint density at radius 3 is 2.74 bits per heavy atom. The van der Waals surface area contributed by atoms with Crippen LogP contribution in [0.2, 0.25) is 5.02 Å². The van der Waals surface area contributed by atoms with Gasteiger partial charge in [0.05, 0.1) is 28.7 Å². The second-order valence-corrected chi connectivity index (χ2v) is 6.30. The van der Waals surface area contributed by atoms with Crippen molar-refractivity contribution in [2.75, 3.05) is 13.7 Å². The lowest BCUT2D eigenvalue weighted by atomic mass is 10.1. The van der Waals surface area contributed by atoms with Gasteiger partial charge in [-0.05, 0) is 31.2 Å². The Morgan fingerprint density at radius 1 is 1.30 bits per heavy atom. The molecule has 0 bridgehead atoms. The Labute approximate surface area is 160 Å². The van der Waals surface area contributed by atoms with Crippen molar-refractivity contribution < 1.29 is 14.6 Å². The second kappa shape index (κ2) is 7.67. The van der Waals surface area contributed by atoms with Crippen molar-refractivity contribution in [3.63, 3.8) is 0 Å². The minimum Gasteiger partial charge on any atom is -0.496 e. The average Bonchev–Trinajstić information content (AvgIpc) is 2.62. The van der Waals surface area contributed by atoms with E-state index in [2.05, 4.69) is 10.3 Å². The van der Waals surface area contributed by atoms with Crippen molar-refractivity contribution >= 4 is 28.6 Å². The molecule has 2 N–H and O–H groups in total. The molecule has 140 valence electrons. The summed E-state index contributed by atoms with van der Waals surface area (Å²) in [5.41, 5.74) is 1.53. The Bertz CT molecular complexity index is 1080.